The van der Waals surface area contributed by atoms with E-state index < -0.39 is 47.4 Å². The molecule has 6 heterocycles. The summed E-state index contributed by atoms with van der Waals surface area (Å²) in [4.78, 5) is 67.2. The summed E-state index contributed by atoms with van der Waals surface area (Å²) in [6.07, 6.45) is 6.21. The predicted octanol–water partition coefficient (Wildman–Crippen LogP) is 8.37. The number of methoxy groups -OCH3 is 1. The lowest BCUT2D eigenvalue weighted by Gasteiger charge is -2.37. The summed E-state index contributed by atoms with van der Waals surface area (Å²) in [5, 5.41) is 17.0. The molecule has 3 saturated heterocycles. The van der Waals surface area contributed by atoms with Crippen LogP contribution in [-0.4, -0.2) is 138 Å². The number of likely N-dealkylation sites (tertiary alicyclic amines) is 1. The van der Waals surface area contributed by atoms with Crippen molar-refractivity contribution in [1.82, 2.24) is 35.1 Å². The van der Waals surface area contributed by atoms with Gasteiger partial charge in [-0.2, -0.15) is 0 Å². The first-order valence-corrected chi connectivity index (χ1v) is 27.8. The Kier molecular flexibility index (Phi) is 17.1. The number of amides is 3. The first-order chi connectivity index (χ1) is 36.9. The largest absolute Gasteiger partial charge is 0.508 e. The zero-order valence-electron chi connectivity index (χ0n) is 46.5. The van der Waals surface area contributed by atoms with Crippen molar-refractivity contribution in [3.8, 4) is 33.9 Å². The maximum atomic E-state index is 14.9. The van der Waals surface area contributed by atoms with Gasteiger partial charge in [0.2, 0.25) is 5.91 Å². The molecule has 5 aromatic rings. The second kappa shape index (κ2) is 23.7. The quantitative estimate of drug-likeness (QED) is 0.0963. The Morgan fingerprint density at radius 3 is 2.51 bits per heavy atom. The Labute approximate surface area is 453 Å². The van der Waals surface area contributed by atoms with Crippen LogP contribution in [0.2, 0.25) is 0 Å². The summed E-state index contributed by atoms with van der Waals surface area (Å²) in [7, 11) is 5.46. The molecular formula is C61H79N7O9. The number of cyclic esters (lactones) is 1. The molecule has 0 saturated carbocycles. The lowest BCUT2D eigenvalue weighted by Crippen LogP contribution is -2.62. The van der Waals surface area contributed by atoms with Crippen LogP contribution >= 0.6 is 0 Å². The van der Waals surface area contributed by atoms with Gasteiger partial charge in [-0.25, -0.2) is 5.43 Å². The van der Waals surface area contributed by atoms with Crippen LogP contribution in [0.15, 0.2) is 79.0 Å². The molecule has 0 aliphatic carbocycles. The van der Waals surface area contributed by atoms with Gasteiger partial charge >= 0.3 is 5.97 Å². The summed E-state index contributed by atoms with van der Waals surface area (Å²) >= 11 is 0. The van der Waals surface area contributed by atoms with E-state index in [1.54, 1.807) is 32.5 Å². The molecule has 3 aromatic carbocycles. The zero-order chi connectivity index (χ0) is 54.7. The fourth-order valence-corrected chi connectivity index (χ4v) is 12.1. The van der Waals surface area contributed by atoms with Crippen molar-refractivity contribution < 1.29 is 43.2 Å². The molecule has 77 heavy (non-hydrogen) atoms. The number of phenols is 1. The van der Waals surface area contributed by atoms with E-state index in [1.165, 1.54) is 22.8 Å². The standard InChI is InChI=1S/C61H79N7O9/c1-10-67-52-22-21-41-31-47(52)49(55(67)48-32-45(34-62-53(48)38(4)74-9)76-35-43-19-14-15-24-65(43)7)33-61(5,6)36-77-60(73)50-20-16-25-68(64-50)58(71)51(29-39-27-42(41)30-44(69)28-39)63-57(70)54(37(2)3)66(8)59(72)56-46(23-26-75-56)40-17-12-11-13-18-40/h11-13,17-18,21-22,27-28,30-32,34,37-38,43,46,50-51,54,56,64,69H,10,14-16,19-20,23-26,29,33,35-36H2,1-9H3,(H,63,70)/t38-,43-,46+,50?,51-,54-,56+/m0/s1. The minimum absolute atomic E-state index is 0.00738. The average molecular weight is 1050 g/mol. The van der Waals surface area contributed by atoms with E-state index >= 15 is 0 Å². The summed E-state index contributed by atoms with van der Waals surface area (Å²) in [6.45, 7) is 15.0. The third-order valence-corrected chi connectivity index (χ3v) is 16.3. The van der Waals surface area contributed by atoms with Gasteiger partial charge in [-0.05, 0) is 130 Å². The number of esters is 1. The van der Waals surface area contributed by atoms with Crippen molar-refractivity contribution in [3.63, 3.8) is 0 Å². The Hall–Kier alpha value is -6.33. The number of nitrogens with zero attached hydrogens (tertiary/aromatic N) is 5. The molecule has 3 N–H and O–H groups in total. The van der Waals surface area contributed by atoms with Crippen molar-refractivity contribution >= 4 is 34.6 Å². The van der Waals surface area contributed by atoms with E-state index in [1.807, 2.05) is 63.2 Å². The number of aromatic hydroxyl groups is 1. The first-order valence-electron chi connectivity index (χ1n) is 27.8. The Bertz CT molecular complexity index is 2940. The van der Waals surface area contributed by atoms with Gasteiger partial charge in [-0.15, -0.1) is 0 Å². The number of likely N-dealkylation sites (N-methyl/N-ethyl adjacent to an activating group) is 2. The number of piperidine rings is 1. The molecule has 0 radical (unpaired) electrons. The maximum Gasteiger partial charge on any atom is 0.324 e. The highest BCUT2D eigenvalue weighted by atomic mass is 16.5. The summed E-state index contributed by atoms with van der Waals surface area (Å²) in [5.74, 6) is -1.63. The first kappa shape index (κ1) is 55.4. The molecule has 16 nitrogen and oxygen atoms in total. The summed E-state index contributed by atoms with van der Waals surface area (Å²) < 4.78 is 27.2. The normalized spacial score (nSPS) is 23.0. The van der Waals surface area contributed by atoms with Crippen molar-refractivity contribution in [2.45, 2.75) is 142 Å². The Morgan fingerprint density at radius 2 is 1.77 bits per heavy atom. The molecule has 3 fully saturated rings. The summed E-state index contributed by atoms with van der Waals surface area (Å²) in [6, 6.07) is 20.8. The molecule has 0 spiro atoms. The molecule has 16 heteroatoms. The van der Waals surface area contributed by atoms with Crippen molar-refractivity contribution in [2.24, 2.45) is 11.3 Å². The van der Waals surface area contributed by atoms with Gasteiger partial charge in [0, 0.05) is 74.1 Å². The van der Waals surface area contributed by atoms with Crippen molar-refractivity contribution in [1.29, 1.82) is 0 Å². The summed E-state index contributed by atoms with van der Waals surface area (Å²) in [5.41, 5.74) is 10.4. The molecule has 412 valence electrons. The van der Waals surface area contributed by atoms with E-state index in [9.17, 15) is 24.3 Å². The number of phenolic OH excluding ortho intramolecular Hbond substituents is 1. The number of carbonyl (C=O) groups excluding carboxylic acids is 4. The Morgan fingerprint density at radius 1 is 0.974 bits per heavy atom. The highest BCUT2D eigenvalue weighted by Gasteiger charge is 2.42. The Balaban J connectivity index is 1.11. The van der Waals surface area contributed by atoms with E-state index in [2.05, 4.69) is 66.2 Å². The van der Waals surface area contributed by atoms with Gasteiger partial charge in [0.05, 0.1) is 30.3 Å². The maximum absolute atomic E-state index is 14.9. The number of aryl methyl sites for hydroxylation is 1. The number of rotatable bonds is 13. The predicted molar refractivity (Wildman–Crippen MR) is 296 cm³/mol. The molecule has 6 bridgehead atoms. The molecule has 9 rings (SSSR count). The smallest absolute Gasteiger partial charge is 0.324 e. The van der Waals surface area contributed by atoms with Gasteiger partial charge in [-0.3, -0.25) is 29.2 Å². The number of aromatic nitrogens is 2. The van der Waals surface area contributed by atoms with Crippen molar-refractivity contribution in [2.75, 3.05) is 54.1 Å². The minimum Gasteiger partial charge on any atom is -0.508 e. The number of nitrogens with one attached hydrogen (secondary N) is 2. The van der Waals surface area contributed by atoms with Crippen LogP contribution in [-0.2, 0) is 52.8 Å². The average Bonchev–Trinajstić information content (AvgIpc) is 4.04. The monoisotopic (exact) mass is 1050 g/mol. The molecule has 3 amide bonds. The van der Waals surface area contributed by atoms with E-state index in [0.29, 0.717) is 62.8 Å². The van der Waals surface area contributed by atoms with Crippen LogP contribution in [0, 0.1) is 11.3 Å². The molecular weight excluding hydrogens is 975 g/mol. The minimum atomic E-state index is -1.17. The van der Waals surface area contributed by atoms with Crippen LogP contribution in [0.3, 0.4) is 0 Å². The number of hydrogen-bond acceptors (Lipinski definition) is 12. The number of hydrogen-bond donors (Lipinski definition) is 3. The number of ether oxygens (including phenoxy) is 4. The highest BCUT2D eigenvalue weighted by molar-refractivity contribution is 5.96. The third kappa shape index (κ3) is 12.1. The fraction of sp³-hybridized carbons (Fsp3) is 0.525. The third-order valence-electron chi connectivity index (χ3n) is 16.3. The van der Waals surface area contributed by atoms with Gasteiger partial charge in [0.25, 0.3) is 11.8 Å². The number of carbonyl (C=O) groups is 4. The molecule has 4 aliphatic rings. The second-order valence-electron chi connectivity index (χ2n) is 22.9. The fourth-order valence-electron chi connectivity index (χ4n) is 12.1. The molecule has 1 unspecified atom stereocenters. The van der Waals surface area contributed by atoms with Crippen LogP contribution in [0.1, 0.15) is 114 Å². The number of fused-ring (bicyclic) bond motifs is 6. The van der Waals surface area contributed by atoms with Crippen LogP contribution in [0.25, 0.3) is 33.3 Å². The number of benzene rings is 3. The van der Waals surface area contributed by atoms with Gasteiger partial charge in [-0.1, -0.05) is 76.6 Å². The topological polar surface area (TPSA) is 177 Å². The van der Waals surface area contributed by atoms with E-state index in [4.69, 9.17) is 23.9 Å². The molecule has 4 aliphatic heterocycles. The lowest BCUT2D eigenvalue weighted by atomic mass is 9.84. The number of pyridine rings is 1. The van der Waals surface area contributed by atoms with Crippen LogP contribution in [0.4, 0.5) is 0 Å². The second-order valence-corrected chi connectivity index (χ2v) is 22.9. The zero-order valence-corrected chi connectivity index (χ0v) is 46.5. The van der Waals surface area contributed by atoms with Crippen LogP contribution < -0.4 is 15.5 Å². The van der Waals surface area contributed by atoms with E-state index in [0.717, 1.165) is 63.1 Å². The lowest BCUT2D eigenvalue weighted by molar-refractivity contribution is -0.155. The van der Waals surface area contributed by atoms with Gasteiger partial charge < -0.3 is 43.7 Å². The SMILES string of the molecule is CCn1c(-c2cc(OC[C@@H]3CCCCN3C)cnc2[C@H](C)OC)c2c3cc(ccc31)-c1cc(O)cc(c1)C[C@H](NC(=O)[C@H](C(C)C)N(C)C(=O)[C@@H]1OCC[C@@H]1c1ccccc1)C(=O)N1CCCC(N1)C(=O)OCC(C)(C)C2. The van der Waals surface area contributed by atoms with Crippen LogP contribution in [0.5, 0.6) is 11.5 Å². The molecule has 7 atom stereocenters. The highest BCUT2D eigenvalue weighted by Crippen LogP contribution is 2.43. The molecule has 2 aromatic heterocycles. The number of hydrazine groups is 1. The van der Waals surface area contributed by atoms with Gasteiger partial charge in [0.1, 0.15) is 42.3 Å². The van der Waals surface area contributed by atoms with E-state index in [-0.39, 0.29) is 49.2 Å². The van der Waals surface area contributed by atoms with Gasteiger partial charge in [0.15, 0.2) is 0 Å². The van der Waals surface area contributed by atoms with Crippen molar-refractivity contribution in [3.05, 3.63) is 101 Å².